The summed E-state index contributed by atoms with van der Waals surface area (Å²) in [5.41, 5.74) is 1.19. The third-order valence-corrected chi connectivity index (χ3v) is 3.01. The highest BCUT2D eigenvalue weighted by molar-refractivity contribution is 5.84. The molecule has 20 heavy (non-hydrogen) atoms. The molecule has 0 N–H and O–H groups in total. The van der Waals surface area contributed by atoms with E-state index in [4.69, 9.17) is 4.74 Å². The number of ether oxygens (including phenoxy) is 1. The van der Waals surface area contributed by atoms with Crippen LogP contribution in [0.5, 0.6) is 0 Å². The molecule has 0 aliphatic heterocycles. The van der Waals surface area contributed by atoms with Gasteiger partial charge in [-0.2, -0.15) is 0 Å². The van der Waals surface area contributed by atoms with Crippen LogP contribution in [-0.2, 0) is 20.9 Å². The number of hydrogen-bond acceptors (Lipinski definition) is 4. The van der Waals surface area contributed by atoms with Crippen molar-refractivity contribution in [2.45, 2.75) is 33.2 Å². The quantitative estimate of drug-likeness (QED) is 0.650. The molecule has 0 aliphatic carbocycles. The van der Waals surface area contributed by atoms with Crippen molar-refractivity contribution in [1.29, 1.82) is 0 Å². The van der Waals surface area contributed by atoms with Crippen molar-refractivity contribution in [2.24, 2.45) is 0 Å². The van der Waals surface area contributed by atoms with Crippen LogP contribution in [0.1, 0.15) is 32.3 Å². The van der Waals surface area contributed by atoms with E-state index in [0.29, 0.717) is 13.2 Å². The van der Waals surface area contributed by atoms with E-state index in [2.05, 4.69) is 4.90 Å². The van der Waals surface area contributed by atoms with Gasteiger partial charge in [-0.25, -0.2) is 0 Å². The summed E-state index contributed by atoms with van der Waals surface area (Å²) in [6, 6.07) is 10.1. The summed E-state index contributed by atoms with van der Waals surface area (Å²) in [5, 5.41) is 0. The molecule has 0 fully saturated rings. The average Bonchev–Trinajstić information content (AvgIpc) is 2.46. The molecule has 0 saturated heterocycles. The van der Waals surface area contributed by atoms with Crippen LogP contribution in [0.2, 0.25) is 0 Å². The lowest BCUT2D eigenvalue weighted by molar-refractivity contribution is -0.144. The van der Waals surface area contributed by atoms with Gasteiger partial charge < -0.3 is 4.74 Å². The Morgan fingerprint density at radius 2 is 1.80 bits per heavy atom. The fourth-order valence-electron chi connectivity index (χ4n) is 1.92. The molecule has 0 saturated carbocycles. The number of likely N-dealkylation sites (N-methyl/N-ethyl adjacent to an activating group) is 1. The smallest absolute Gasteiger partial charge is 0.306 e. The number of nitrogens with zero attached hydrogens (tertiary/aromatic N) is 1. The lowest BCUT2D eigenvalue weighted by Gasteiger charge is -2.19. The van der Waals surface area contributed by atoms with Crippen molar-refractivity contribution in [1.82, 2.24) is 4.90 Å². The molecule has 0 atom stereocenters. The first kappa shape index (κ1) is 16.4. The van der Waals surface area contributed by atoms with Gasteiger partial charge in [-0.05, 0) is 19.0 Å². The molecule has 110 valence electrons. The minimum atomic E-state index is -0.299. The Hall–Kier alpha value is -1.68. The minimum absolute atomic E-state index is 0.0795. The van der Waals surface area contributed by atoms with E-state index in [1.54, 1.807) is 6.92 Å². The second kappa shape index (κ2) is 9.26. The zero-order chi connectivity index (χ0) is 14.8. The Bertz CT molecular complexity index is 417. The third-order valence-electron chi connectivity index (χ3n) is 3.01. The second-order valence-electron chi connectivity index (χ2n) is 4.63. The Morgan fingerprint density at radius 1 is 1.10 bits per heavy atom. The lowest BCUT2D eigenvalue weighted by Crippen LogP contribution is -2.29. The molecule has 1 aromatic rings. The van der Waals surface area contributed by atoms with Crippen LogP contribution in [-0.4, -0.2) is 36.3 Å². The maximum absolute atomic E-state index is 11.9. The van der Waals surface area contributed by atoms with Crippen LogP contribution in [0.4, 0.5) is 0 Å². The number of carbonyl (C=O) groups is 2. The van der Waals surface area contributed by atoms with E-state index in [9.17, 15) is 9.59 Å². The zero-order valence-corrected chi connectivity index (χ0v) is 12.3. The van der Waals surface area contributed by atoms with E-state index in [-0.39, 0.29) is 24.6 Å². The van der Waals surface area contributed by atoms with Crippen molar-refractivity contribution >= 4 is 11.8 Å². The van der Waals surface area contributed by atoms with Gasteiger partial charge in [0.1, 0.15) is 5.78 Å². The van der Waals surface area contributed by atoms with Gasteiger partial charge in [0.15, 0.2) is 0 Å². The first-order valence-electron chi connectivity index (χ1n) is 7.09. The Kier molecular flexibility index (Phi) is 7.58. The lowest BCUT2D eigenvalue weighted by atomic mass is 10.2. The molecule has 0 radical (unpaired) electrons. The van der Waals surface area contributed by atoms with Crippen molar-refractivity contribution in [3.8, 4) is 0 Å². The van der Waals surface area contributed by atoms with Crippen molar-refractivity contribution in [3.05, 3.63) is 35.9 Å². The van der Waals surface area contributed by atoms with Crippen LogP contribution in [0.25, 0.3) is 0 Å². The van der Waals surface area contributed by atoms with Gasteiger partial charge in [-0.3, -0.25) is 14.5 Å². The maximum atomic E-state index is 11.9. The number of esters is 1. The van der Waals surface area contributed by atoms with Crippen LogP contribution in [0, 0.1) is 0 Å². The highest BCUT2D eigenvalue weighted by atomic mass is 16.5. The summed E-state index contributed by atoms with van der Waals surface area (Å²) in [5.74, 6) is -0.220. The minimum Gasteiger partial charge on any atom is -0.466 e. The van der Waals surface area contributed by atoms with Crippen molar-refractivity contribution in [2.75, 3.05) is 19.7 Å². The van der Waals surface area contributed by atoms with Gasteiger partial charge in [0.25, 0.3) is 0 Å². The van der Waals surface area contributed by atoms with Crippen LogP contribution >= 0.6 is 0 Å². The number of benzene rings is 1. The van der Waals surface area contributed by atoms with Crippen molar-refractivity contribution < 1.29 is 14.3 Å². The summed E-state index contributed by atoms with van der Waals surface area (Å²) in [7, 11) is 0. The van der Waals surface area contributed by atoms with Crippen LogP contribution in [0.15, 0.2) is 30.3 Å². The predicted molar refractivity (Wildman–Crippen MR) is 78.3 cm³/mol. The Labute approximate surface area is 120 Å². The highest BCUT2D eigenvalue weighted by Gasteiger charge is 2.12. The molecule has 1 rings (SSSR count). The summed E-state index contributed by atoms with van der Waals surface area (Å²) < 4.78 is 4.81. The summed E-state index contributed by atoms with van der Waals surface area (Å²) in [4.78, 5) is 25.1. The fraction of sp³-hybridized carbons (Fsp3) is 0.500. The molecule has 0 unspecified atom stereocenters. The molecular formula is C16H23NO3. The van der Waals surface area contributed by atoms with E-state index in [0.717, 1.165) is 13.1 Å². The van der Waals surface area contributed by atoms with E-state index in [1.165, 1.54) is 5.56 Å². The molecule has 0 aliphatic rings. The number of hydrogen-bond donors (Lipinski definition) is 0. The Morgan fingerprint density at radius 3 is 2.40 bits per heavy atom. The first-order valence-corrected chi connectivity index (χ1v) is 7.09. The van der Waals surface area contributed by atoms with Crippen molar-refractivity contribution in [3.63, 3.8) is 0 Å². The number of rotatable bonds is 9. The predicted octanol–water partition coefficient (Wildman–Crippen LogP) is 2.42. The molecule has 0 aromatic heterocycles. The van der Waals surface area contributed by atoms with Gasteiger partial charge >= 0.3 is 5.97 Å². The molecule has 4 heteroatoms. The Balaban J connectivity index is 2.36. The number of carbonyl (C=O) groups excluding carboxylic acids is 2. The highest BCUT2D eigenvalue weighted by Crippen LogP contribution is 2.05. The molecule has 0 amide bonds. The summed E-state index contributed by atoms with van der Waals surface area (Å²) in [6.07, 6.45) is 0.430. The normalized spacial score (nSPS) is 10.6. The number of Topliss-reactive ketones (excluding diaryl/α,β-unsaturated/α-hetero) is 1. The molecule has 0 heterocycles. The molecule has 4 nitrogen and oxygen atoms in total. The van der Waals surface area contributed by atoms with Gasteiger partial charge in [0.05, 0.1) is 19.6 Å². The SMILES string of the molecule is CCOC(=O)CCC(=O)CN(CC)Cc1ccccc1. The third kappa shape index (κ3) is 6.48. The topological polar surface area (TPSA) is 46.6 Å². The van der Waals surface area contributed by atoms with Crippen LogP contribution < -0.4 is 0 Å². The standard InChI is InChI=1S/C16H23NO3/c1-3-17(12-14-8-6-5-7-9-14)13-15(18)10-11-16(19)20-4-2/h5-9H,3-4,10-13H2,1-2H3. The molecule has 0 bridgehead atoms. The molecule has 0 spiro atoms. The summed E-state index contributed by atoms with van der Waals surface area (Å²) >= 11 is 0. The van der Waals surface area contributed by atoms with Gasteiger partial charge in [0.2, 0.25) is 0 Å². The fourth-order valence-corrected chi connectivity index (χ4v) is 1.92. The average molecular weight is 277 g/mol. The van der Waals surface area contributed by atoms with E-state index >= 15 is 0 Å². The second-order valence-corrected chi connectivity index (χ2v) is 4.63. The zero-order valence-electron chi connectivity index (χ0n) is 12.3. The molecular weight excluding hydrogens is 254 g/mol. The van der Waals surface area contributed by atoms with Gasteiger partial charge in [-0.1, -0.05) is 37.3 Å². The van der Waals surface area contributed by atoms with Gasteiger partial charge in [0, 0.05) is 13.0 Å². The van der Waals surface area contributed by atoms with E-state index in [1.807, 2.05) is 37.3 Å². The van der Waals surface area contributed by atoms with E-state index < -0.39 is 0 Å². The maximum Gasteiger partial charge on any atom is 0.306 e. The molecule has 1 aromatic carbocycles. The number of ketones is 1. The first-order chi connectivity index (χ1) is 9.65. The van der Waals surface area contributed by atoms with Gasteiger partial charge in [-0.15, -0.1) is 0 Å². The monoisotopic (exact) mass is 277 g/mol. The van der Waals surface area contributed by atoms with Crippen LogP contribution in [0.3, 0.4) is 0 Å². The summed E-state index contributed by atoms with van der Waals surface area (Å²) in [6.45, 7) is 6.09. The largest absolute Gasteiger partial charge is 0.466 e.